The fourth-order valence-electron chi connectivity index (χ4n) is 3.18. The van der Waals surface area contributed by atoms with Gasteiger partial charge in [-0.05, 0) is 49.9 Å². The summed E-state index contributed by atoms with van der Waals surface area (Å²) in [6.07, 6.45) is 1.23. The topological polar surface area (TPSA) is 95.9 Å². The van der Waals surface area contributed by atoms with Crippen molar-refractivity contribution in [1.29, 1.82) is 0 Å². The van der Waals surface area contributed by atoms with Crippen molar-refractivity contribution < 1.29 is 24.2 Å². The molecule has 0 saturated carbocycles. The van der Waals surface area contributed by atoms with Crippen molar-refractivity contribution in [2.24, 2.45) is 11.8 Å². The maximum absolute atomic E-state index is 12.9. The number of amides is 2. The van der Waals surface area contributed by atoms with E-state index in [1.165, 1.54) is 0 Å². The third-order valence-corrected chi connectivity index (χ3v) is 4.73. The van der Waals surface area contributed by atoms with Crippen LogP contribution in [0.4, 0.5) is 0 Å². The Hall–Kier alpha value is -2.57. The highest BCUT2D eigenvalue weighted by atomic mass is 16.5. The van der Waals surface area contributed by atoms with Crippen LogP contribution < -0.4 is 10.1 Å². The number of hydrogen-bond acceptors (Lipinski definition) is 4. The van der Waals surface area contributed by atoms with Gasteiger partial charge in [-0.1, -0.05) is 13.8 Å². The Kier molecular flexibility index (Phi) is 7.21. The molecule has 1 aliphatic rings. The zero-order valence-corrected chi connectivity index (χ0v) is 16.1. The van der Waals surface area contributed by atoms with Gasteiger partial charge in [-0.3, -0.25) is 14.4 Å². The van der Waals surface area contributed by atoms with Crippen LogP contribution in [0.15, 0.2) is 24.3 Å². The van der Waals surface area contributed by atoms with E-state index in [1.54, 1.807) is 29.2 Å². The van der Waals surface area contributed by atoms with Gasteiger partial charge in [0.05, 0.1) is 12.5 Å². The number of benzene rings is 1. The summed E-state index contributed by atoms with van der Waals surface area (Å²) in [6.45, 7) is 6.86. The van der Waals surface area contributed by atoms with Crippen molar-refractivity contribution in [3.63, 3.8) is 0 Å². The molecule has 0 aliphatic carbocycles. The molecule has 7 heteroatoms. The van der Waals surface area contributed by atoms with Crippen LogP contribution in [0.25, 0.3) is 0 Å². The average Bonchev–Trinajstić information content (AvgIpc) is 2.66. The van der Waals surface area contributed by atoms with Crippen LogP contribution in [0, 0.1) is 11.8 Å². The van der Waals surface area contributed by atoms with Crippen LogP contribution in [0.1, 0.15) is 44.0 Å². The molecule has 0 spiro atoms. The van der Waals surface area contributed by atoms with Gasteiger partial charge in [0.1, 0.15) is 11.8 Å². The summed E-state index contributed by atoms with van der Waals surface area (Å²) < 4.78 is 5.37. The van der Waals surface area contributed by atoms with Gasteiger partial charge in [0.25, 0.3) is 5.91 Å². The van der Waals surface area contributed by atoms with Gasteiger partial charge in [0.15, 0.2) is 0 Å². The summed E-state index contributed by atoms with van der Waals surface area (Å²) in [4.78, 5) is 38.3. The number of carbonyl (C=O) groups is 3. The van der Waals surface area contributed by atoms with Gasteiger partial charge in [0, 0.05) is 18.7 Å². The summed E-state index contributed by atoms with van der Waals surface area (Å²) in [5, 5.41) is 12.0. The van der Waals surface area contributed by atoms with E-state index in [0.29, 0.717) is 37.3 Å². The van der Waals surface area contributed by atoms with E-state index in [1.807, 2.05) is 20.8 Å². The maximum Gasteiger partial charge on any atom is 0.308 e. The van der Waals surface area contributed by atoms with Crippen molar-refractivity contribution in [3.8, 4) is 5.75 Å². The van der Waals surface area contributed by atoms with Crippen molar-refractivity contribution in [1.82, 2.24) is 10.2 Å². The Morgan fingerprint density at radius 1 is 1.26 bits per heavy atom. The first-order chi connectivity index (χ1) is 12.8. The normalized spacial score (nSPS) is 18.1. The maximum atomic E-state index is 12.9. The Morgan fingerprint density at radius 3 is 2.48 bits per heavy atom. The molecule has 1 aliphatic heterocycles. The smallest absolute Gasteiger partial charge is 0.308 e. The van der Waals surface area contributed by atoms with Crippen molar-refractivity contribution in [2.45, 2.75) is 39.7 Å². The number of carboxylic acid groups (broad SMARTS) is 1. The molecule has 2 N–H and O–H groups in total. The number of nitrogens with zero attached hydrogens (tertiary/aromatic N) is 1. The second-order valence-electron chi connectivity index (χ2n) is 7.11. The first kappa shape index (κ1) is 20.7. The minimum absolute atomic E-state index is 0.116. The molecule has 2 atom stereocenters. The van der Waals surface area contributed by atoms with Crippen molar-refractivity contribution in [3.05, 3.63) is 29.8 Å². The Morgan fingerprint density at radius 2 is 1.93 bits per heavy atom. The first-order valence-electron chi connectivity index (χ1n) is 9.38. The van der Waals surface area contributed by atoms with E-state index in [0.717, 1.165) is 0 Å². The van der Waals surface area contributed by atoms with Crippen LogP contribution in [0.5, 0.6) is 5.75 Å². The molecule has 7 nitrogen and oxygen atoms in total. The summed E-state index contributed by atoms with van der Waals surface area (Å²) in [5.41, 5.74) is 0.443. The predicted molar refractivity (Wildman–Crippen MR) is 101 cm³/mol. The molecular weight excluding hydrogens is 348 g/mol. The minimum atomic E-state index is -0.882. The highest BCUT2D eigenvalue weighted by molar-refractivity contribution is 5.97. The molecule has 1 aromatic carbocycles. The van der Waals surface area contributed by atoms with E-state index in [2.05, 4.69) is 5.32 Å². The number of likely N-dealkylation sites (tertiary alicyclic amines) is 1. The van der Waals surface area contributed by atoms with Gasteiger partial charge in [-0.25, -0.2) is 0 Å². The molecule has 0 bridgehead atoms. The van der Waals surface area contributed by atoms with Crippen LogP contribution in [0.2, 0.25) is 0 Å². The van der Waals surface area contributed by atoms with Gasteiger partial charge in [-0.2, -0.15) is 0 Å². The van der Waals surface area contributed by atoms with Crippen molar-refractivity contribution in [2.75, 3.05) is 19.7 Å². The standard InChI is InChI=1S/C20H28N2O5/c1-4-27-16-9-7-14(8-10-16)18(23)21-17(13(2)3)19(24)22-11-5-6-15(12-22)20(25)26/h7-10,13,15,17H,4-6,11-12H2,1-3H3,(H,21,23)(H,25,26). The second-order valence-corrected chi connectivity index (χ2v) is 7.11. The van der Waals surface area contributed by atoms with Crippen LogP contribution >= 0.6 is 0 Å². The Labute approximate surface area is 159 Å². The van der Waals surface area contributed by atoms with Gasteiger partial charge in [-0.15, -0.1) is 0 Å². The summed E-state index contributed by atoms with van der Waals surface area (Å²) in [7, 11) is 0. The Bertz CT molecular complexity index is 671. The number of carboxylic acids is 1. The average molecular weight is 376 g/mol. The van der Waals surface area contributed by atoms with E-state index in [4.69, 9.17) is 4.74 Å². The largest absolute Gasteiger partial charge is 0.494 e. The lowest BCUT2D eigenvalue weighted by molar-refractivity contribution is -0.146. The molecule has 2 rings (SSSR count). The molecule has 1 aromatic rings. The van der Waals surface area contributed by atoms with Crippen LogP contribution in [0.3, 0.4) is 0 Å². The number of hydrogen-bond donors (Lipinski definition) is 2. The molecular formula is C20H28N2O5. The molecule has 1 heterocycles. The quantitative estimate of drug-likeness (QED) is 0.760. The third-order valence-electron chi connectivity index (χ3n) is 4.73. The first-order valence-corrected chi connectivity index (χ1v) is 9.38. The SMILES string of the molecule is CCOc1ccc(C(=O)NC(C(=O)N2CCCC(C(=O)O)C2)C(C)C)cc1. The highest BCUT2D eigenvalue weighted by Gasteiger charge is 2.33. The minimum Gasteiger partial charge on any atom is -0.494 e. The number of carbonyl (C=O) groups excluding carboxylic acids is 2. The van der Waals surface area contributed by atoms with Gasteiger partial charge in [0.2, 0.25) is 5.91 Å². The fourth-order valence-corrected chi connectivity index (χ4v) is 3.18. The molecule has 1 fully saturated rings. The van der Waals surface area contributed by atoms with E-state index in [9.17, 15) is 19.5 Å². The highest BCUT2D eigenvalue weighted by Crippen LogP contribution is 2.19. The van der Waals surface area contributed by atoms with E-state index < -0.39 is 17.9 Å². The van der Waals surface area contributed by atoms with Crippen LogP contribution in [-0.2, 0) is 9.59 Å². The number of nitrogens with one attached hydrogen (secondary N) is 1. The summed E-state index contributed by atoms with van der Waals surface area (Å²) in [6, 6.07) is 6.04. The van der Waals surface area contributed by atoms with Crippen molar-refractivity contribution >= 4 is 17.8 Å². The zero-order chi connectivity index (χ0) is 20.0. The molecule has 2 amide bonds. The number of piperidine rings is 1. The lowest BCUT2D eigenvalue weighted by Crippen LogP contribution is -2.54. The number of ether oxygens (including phenoxy) is 1. The van der Waals surface area contributed by atoms with Gasteiger partial charge >= 0.3 is 5.97 Å². The van der Waals surface area contributed by atoms with E-state index >= 15 is 0 Å². The summed E-state index contributed by atoms with van der Waals surface area (Å²) >= 11 is 0. The van der Waals surface area contributed by atoms with Crippen LogP contribution in [-0.4, -0.2) is 53.5 Å². The number of rotatable bonds is 7. The molecule has 27 heavy (non-hydrogen) atoms. The van der Waals surface area contributed by atoms with E-state index in [-0.39, 0.29) is 24.3 Å². The summed E-state index contributed by atoms with van der Waals surface area (Å²) in [5.74, 6) is -1.43. The number of aliphatic carboxylic acids is 1. The predicted octanol–water partition coefficient (Wildman–Crippen LogP) is 2.16. The lowest BCUT2D eigenvalue weighted by Gasteiger charge is -2.34. The molecule has 148 valence electrons. The molecule has 0 radical (unpaired) electrons. The monoisotopic (exact) mass is 376 g/mol. The Balaban J connectivity index is 2.06. The molecule has 0 aromatic heterocycles. The zero-order valence-electron chi connectivity index (χ0n) is 16.1. The molecule has 2 unspecified atom stereocenters. The second kappa shape index (κ2) is 9.39. The fraction of sp³-hybridized carbons (Fsp3) is 0.550. The molecule has 1 saturated heterocycles. The lowest BCUT2D eigenvalue weighted by atomic mass is 9.95. The third kappa shape index (κ3) is 5.45. The van der Waals surface area contributed by atoms with Gasteiger partial charge < -0.3 is 20.1 Å².